The van der Waals surface area contributed by atoms with Crippen molar-refractivity contribution in [3.8, 4) is 0 Å². The summed E-state index contributed by atoms with van der Waals surface area (Å²) < 4.78 is 24.7. The molecule has 1 N–H and O–H groups in total. The van der Waals surface area contributed by atoms with E-state index >= 15 is 0 Å². The molecule has 1 aromatic rings. The molecule has 5 nitrogen and oxygen atoms in total. The normalized spacial score (nSPS) is 21.4. The van der Waals surface area contributed by atoms with Crippen LogP contribution in [0.5, 0.6) is 0 Å². The van der Waals surface area contributed by atoms with E-state index in [1.165, 1.54) is 0 Å². The Kier molecular flexibility index (Phi) is 4.62. The topological polar surface area (TPSA) is 64.0 Å². The molecule has 1 unspecified atom stereocenters. The van der Waals surface area contributed by atoms with E-state index < -0.39 is 9.84 Å². The second-order valence-electron chi connectivity index (χ2n) is 5.35. The number of nitrogens with zero attached hydrogens (tertiary/aromatic N) is 2. The first kappa shape index (κ1) is 14.5. The van der Waals surface area contributed by atoms with E-state index in [9.17, 15) is 8.42 Å². The van der Waals surface area contributed by atoms with Gasteiger partial charge in [-0.05, 0) is 32.3 Å². The highest BCUT2D eigenvalue weighted by Gasteiger charge is 2.23. The van der Waals surface area contributed by atoms with Crippen LogP contribution in [-0.2, 0) is 16.4 Å². The molecule has 2 rings (SSSR count). The summed E-state index contributed by atoms with van der Waals surface area (Å²) in [6, 6.07) is 2.75. The third-order valence-corrected chi connectivity index (χ3v) is 5.55. The molecular formula is C13H23N3O2S. The predicted octanol–water partition coefficient (Wildman–Crippen LogP) is 1.52. The molecule has 0 saturated carbocycles. The number of sulfone groups is 1. The number of aromatic nitrogens is 2. The lowest BCUT2D eigenvalue weighted by Crippen LogP contribution is -2.37. The van der Waals surface area contributed by atoms with Gasteiger partial charge >= 0.3 is 0 Å². The van der Waals surface area contributed by atoms with Gasteiger partial charge in [-0.25, -0.2) is 8.42 Å². The molecule has 1 saturated heterocycles. The summed E-state index contributed by atoms with van der Waals surface area (Å²) in [5, 5.41) is 7.94. The molecule has 2 heterocycles. The summed E-state index contributed by atoms with van der Waals surface area (Å²) in [4.78, 5) is 0. The fourth-order valence-electron chi connectivity index (χ4n) is 2.25. The number of rotatable bonds is 5. The molecule has 108 valence electrons. The average molecular weight is 285 g/mol. The van der Waals surface area contributed by atoms with Crippen LogP contribution in [0.3, 0.4) is 0 Å². The summed E-state index contributed by atoms with van der Waals surface area (Å²) in [5.74, 6) is 0.623. The maximum Gasteiger partial charge on any atom is 0.150 e. The first-order valence-corrected chi connectivity index (χ1v) is 8.80. The minimum Gasteiger partial charge on any atom is -0.308 e. The molecule has 0 amide bonds. The van der Waals surface area contributed by atoms with Crippen LogP contribution in [0, 0.1) is 0 Å². The lowest BCUT2D eigenvalue weighted by Gasteiger charge is -2.22. The first-order valence-electron chi connectivity index (χ1n) is 6.98. The molecule has 1 fully saturated rings. The standard InChI is InChI=1S/C13H23N3O2S/c1-3-11(2)16-7-4-13(15-16)10-14-12-5-8-19(17,18)9-6-12/h4,7,11-12,14H,3,5-6,8-10H2,1-2H3. The van der Waals surface area contributed by atoms with Crippen LogP contribution < -0.4 is 5.32 Å². The second-order valence-corrected chi connectivity index (χ2v) is 7.65. The van der Waals surface area contributed by atoms with Crippen molar-refractivity contribution in [1.29, 1.82) is 0 Å². The number of hydrogen-bond acceptors (Lipinski definition) is 4. The Morgan fingerprint density at radius 3 is 2.79 bits per heavy atom. The van der Waals surface area contributed by atoms with Crippen LogP contribution >= 0.6 is 0 Å². The minimum atomic E-state index is -2.77. The molecule has 6 heteroatoms. The fourth-order valence-corrected chi connectivity index (χ4v) is 3.74. The van der Waals surface area contributed by atoms with Gasteiger partial charge in [0.2, 0.25) is 0 Å². The SMILES string of the molecule is CCC(C)n1ccc(CNC2CCS(=O)(=O)CC2)n1. The zero-order valence-corrected chi connectivity index (χ0v) is 12.5. The van der Waals surface area contributed by atoms with E-state index in [0.717, 1.165) is 12.1 Å². The van der Waals surface area contributed by atoms with Crippen molar-refractivity contribution in [3.63, 3.8) is 0 Å². The Labute approximate surface area is 115 Å². The van der Waals surface area contributed by atoms with Crippen LogP contribution in [0.1, 0.15) is 44.8 Å². The highest BCUT2D eigenvalue weighted by Crippen LogP contribution is 2.13. The monoisotopic (exact) mass is 285 g/mol. The largest absolute Gasteiger partial charge is 0.308 e. The van der Waals surface area contributed by atoms with Crippen LogP contribution in [0.2, 0.25) is 0 Å². The van der Waals surface area contributed by atoms with Crippen molar-refractivity contribution in [2.24, 2.45) is 0 Å². The minimum absolute atomic E-state index is 0.303. The summed E-state index contributed by atoms with van der Waals surface area (Å²) in [6.45, 7) is 5.01. The van der Waals surface area contributed by atoms with Gasteiger partial charge < -0.3 is 5.32 Å². The zero-order chi connectivity index (χ0) is 13.9. The Morgan fingerprint density at radius 2 is 2.16 bits per heavy atom. The van der Waals surface area contributed by atoms with Gasteiger partial charge in [-0.15, -0.1) is 0 Å². The number of hydrogen-bond donors (Lipinski definition) is 1. The summed E-state index contributed by atoms with van der Waals surface area (Å²) in [7, 11) is -2.77. The molecule has 0 aliphatic carbocycles. The molecular weight excluding hydrogens is 262 g/mol. The number of nitrogens with one attached hydrogen (secondary N) is 1. The smallest absolute Gasteiger partial charge is 0.150 e. The van der Waals surface area contributed by atoms with Crippen molar-refractivity contribution in [1.82, 2.24) is 15.1 Å². The van der Waals surface area contributed by atoms with Gasteiger partial charge in [0, 0.05) is 24.8 Å². The Bertz CT molecular complexity index is 496. The van der Waals surface area contributed by atoms with E-state index in [4.69, 9.17) is 0 Å². The lowest BCUT2D eigenvalue weighted by molar-refractivity contribution is 0.446. The van der Waals surface area contributed by atoms with E-state index in [1.54, 1.807) is 0 Å². The Hall–Kier alpha value is -0.880. The van der Waals surface area contributed by atoms with Gasteiger partial charge in [0.05, 0.1) is 17.2 Å². The van der Waals surface area contributed by atoms with E-state index in [1.807, 2.05) is 16.9 Å². The maximum absolute atomic E-state index is 11.3. The van der Waals surface area contributed by atoms with Crippen LogP contribution in [0.25, 0.3) is 0 Å². The highest BCUT2D eigenvalue weighted by molar-refractivity contribution is 7.91. The molecule has 0 radical (unpaired) electrons. The first-order chi connectivity index (χ1) is 9.00. The fraction of sp³-hybridized carbons (Fsp3) is 0.769. The average Bonchev–Trinajstić information content (AvgIpc) is 2.85. The van der Waals surface area contributed by atoms with Crippen molar-refractivity contribution < 1.29 is 8.42 Å². The van der Waals surface area contributed by atoms with Crippen LogP contribution in [0.15, 0.2) is 12.3 Å². The van der Waals surface area contributed by atoms with Crippen LogP contribution in [-0.4, -0.2) is 35.7 Å². The van der Waals surface area contributed by atoms with Crippen molar-refractivity contribution >= 4 is 9.84 Å². The lowest BCUT2D eigenvalue weighted by atomic mass is 10.1. The zero-order valence-electron chi connectivity index (χ0n) is 11.7. The van der Waals surface area contributed by atoms with Gasteiger partial charge in [-0.3, -0.25) is 4.68 Å². The van der Waals surface area contributed by atoms with E-state index in [-0.39, 0.29) is 0 Å². The predicted molar refractivity (Wildman–Crippen MR) is 75.7 cm³/mol. The van der Waals surface area contributed by atoms with E-state index in [0.29, 0.717) is 43.0 Å². The van der Waals surface area contributed by atoms with Gasteiger partial charge in [-0.2, -0.15) is 5.10 Å². The van der Waals surface area contributed by atoms with Gasteiger partial charge in [0.1, 0.15) is 9.84 Å². The van der Waals surface area contributed by atoms with Crippen molar-refractivity contribution in [3.05, 3.63) is 18.0 Å². The Morgan fingerprint density at radius 1 is 1.47 bits per heavy atom. The second kappa shape index (κ2) is 6.05. The summed E-state index contributed by atoms with van der Waals surface area (Å²) in [5.41, 5.74) is 1.02. The van der Waals surface area contributed by atoms with Crippen molar-refractivity contribution in [2.75, 3.05) is 11.5 Å². The molecule has 1 aromatic heterocycles. The maximum atomic E-state index is 11.3. The molecule has 0 bridgehead atoms. The van der Waals surface area contributed by atoms with Crippen LogP contribution in [0.4, 0.5) is 0 Å². The Balaban J connectivity index is 1.81. The van der Waals surface area contributed by atoms with Crippen molar-refractivity contribution in [2.45, 2.75) is 51.7 Å². The molecule has 1 atom stereocenters. The molecule has 1 aliphatic rings. The highest BCUT2D eigenvalue weighted by atomic mass is 32.2. The summed E-state index contributed by atoms with van der Waals surface area (Å²) in [6.07, 6.45) is 4.51. The molecule has 19 heavy (non-hydrogen) atoms. The molecule has 0 spiro atoms. The third-order valence-electron chi connectivity index (χ3n) is 3.83. The van der Waals surface area contributed by atoms with Gasteiger partial charge in [-0.1, -0.05) is 6.92 Å². The third kappa shape index (κ3) is 4.04. The molecule has 1 aliphatic heterocycles. The van der Waals surface area contributed by atoms with Gasteiger partial charge in [0.15, 0.2) is 0 Å². The summed E-state index contributed by atoms with van der Waals surface area (Å²) >= 11 is 0. The van der Waals surface area contributed by atoms with E-state index in [2.05, 4.69) is 24.3 Å². The quantitative estimate of drug-likeness (QED) is 0.891. The molecule has 0 aromatic carbocycles. The van der Waals surface area contributed by atoms with Gasteiger partial charge in [0.25, 0.3) is 0 Å².